The number of nitrogens with one attached hydrogen (secondary N) is 2. The molecular weight excluding hydrogens is 465 g/mol. The van der Waals surface area contributed by atoms with Crippen molar-refractivity contribution < 1.29 is 9.90 Å². The number of rotatable bonds is 6. The average molecular weight is 490 g/mol. The minimum Gasteiger partial charge on any atom is -0.393 e. The zero-order chi connectivity index (χ0) is 23.1. The van der Waals surface area contributed by atoms with Gasteiger partial charge < -0.3 is 21.5 Å². The number of carbonyl (C=O) groups excluding carboxylic acids is 1. The molecular formula is C22H25Cl2N7O2. The predicted octanol–water partition coefficient (Wildman–Crippen LogP) is 4.03. The van der Waals surface area contributed by atoms with E-state index in [1.807, 2.05) is 0 Å². The number of fused-ring (bicyclic) bond motifs is 1. The van der Waals surface area contributed by atoms with Gasteiger partial charge in [0.25, 0.3) is 0 Å². The number of benzene rings is 1. The summed E-state index contributed by atoms with van der Waals surface area (Å²) in [7, 11) is 0. The fourth-order valence-corrected chi connectivity index (χ4v) is 5.12. The van der Waals surface area contributed by atoms with Gasteiger partial charge in [-0.1, -0.05) is 29.3 Å². The quantitative estimate of drug-likeness (QED) is 0.410. The molecule has 174 valence electrons. The number of carbonyl (C=O) groups is 1. The van der Waals surface area contributed by atoms with Crippen LogP contribution in [0.4, 0.5) is 17.6 Å². The van der Waals surface area contributed by atoms with Crippen LogP contribution in [-0.2, 0) is 4.79 Å². The van der Waals surface area contributed by atoms with Crippen LogP contribution in [0.15, 0.2) is 24.4 Å². The minimum atomic E-state index is -0.270. The Hall–Kier alpha value is -2.62. The zero-order valence-corrected chi connectivity index (χ0v) is 19.4. The first kappa shape index (κ1) is 22.2. The van der Waals surface area contributed by atoms with E-state index in [2.05, 4.69) is 20.2 Å². The maximum absolute atomic E-state index is 11.7. The Morgan fingerprint density at radius 2 is 1.82 bits per heavy atom. The van der Waals surface area contributed by atoms with Crippen molar-refractivity contribution in [1.82, 2.24) is 19.5 Å². The molecule has 2 aromatic heterocycles. The van der Waals surface area contributed by atoms with Crippen LogP contribution in [0, 0.1) is 5.92 Å². The number of hydrogen-bond donors (Lipinski definition) is 4. The number of para-hydroxylation sites is 1. The number of aliphatic hydroxyl groups is 1. The van der Waals surface area contributed by atoms with Crippen LogP contribution in [0.25, 0.3) is 11.2 Å². The Morgan fingerprint density at radius 3 is 2.45 bits per heavy atom. The second kappa shape index (κ2) is 8.96. The number of aromatic nitrogens is 4. The van der Waals surface area contributed by atoms with Gasteiger partial charge in [-0.25, -0.2) is 9.97 Å². The van der Waals surface area contributed by atoms with E-state index in [4.69, 9.17) is 38.9 Å². The van der Waals surface area contributed by atoms with Crippen LogP contribution < -0.4 is 16.4 Å². The van der Waals surface area contributed by atoms with E-state index in [1.54, 1.807) is 24.4 Å². The highest BCUT2D eigenvalue weighted by Gasteiger charge is 2.30. The lowest BCUT2D eigenvalue weighted by Crippen LogP contribution is -2.39. The normalized spacial score (nSPS) is 24.9. The van der Waals surface area contributed by atoms with Crippen molar-refractivity contribution in [2.24, 2.45) is 11.7 Å². The fourth-order valence-electron chi connectivity index (χ4n) is 4.63. The molecule has 0 radical (unpaired) electrons. The Morgan fingerprint density at radius 1 is 1.12 bits per heavy atom. The largest absolute Gasteiger partial charge is 0.393 e. The molecule has 0 atom stereocenters. The smallest absolute Gasteiger partial charge is 0.224 e. The Balaban J connectivity index is 1.52. The predicted molar refractivity (Wildman–Crippen MR) is 128 cm³/mol. The maximum atomic E-state index is 11.7. The first-order valence-electron chi connectivity index (χ1n) is 11.1. The van der Waals surface area contributed by atoms with Crippen molar-refractivity contribution in [3.8, 4) is 0 Å². The van der Waals surface area contributed by atoms with Gasteiger partial charge in [-0.05, 0) is 50.7 Å². The second-order valence-corrected chi connectivity index (χ2v) is 9.62. The number of anilines is 3. The van der Waals surface area contributed by atoms with Crippen LogP contribution >= 0.6 is 23.2 Å². The van der Waals surface area contributed by atoms with Crippen molar-refractivity contribution in [1.29, 1.82) is 0 Å². The van der Waals surface area contributed by atoms with Crippen LogP contribution in [0.3, 0.4) is 0 Å². The van der Waals surface area contributed by atoms with Crippen LogP contribution in [0.1, 0.15) is 44.6 Å². The van der Waals surface area contributed by atoms with E-state index in [9.17, 15) is 9.90 Å². The van der Waals surface area contributed by atoms with Crippen molar-refractivity contribution in [2.45, 2.75) is 56.7 Å². The first-order valence-corrected chi connectivity index (χ1v) is 11.8. The second-order valence-electron chi connectivity index (χ2n) is 8.80. The van der Waals surface area contributed by atoms with Gasteiger partial charge in [-0.15, -0.1) is 0 Å². The molecule has 0 bridgehead atoms. The highest BCUT2D eigenvalue weighted by molar-refractivity contribution is 6.39. The van der Waals surface area contributed by atoms with Gasteiger partial charge in [0, 0.05) is 18.0 Å². The molecule has 2 fully saturated rings. The average Bonchev–Trinajstić information content (AvgIpc) is 3.12. The maximum Gasteiger partial charge on any atom is 0.224 e. The lowest BCUT2D eigenvalue weighted by molar-refractivity contribution is -0.122. The summed E-state index contributed by atoms with van der Waals surface area (Å²) < 4.78 is 2.05. The number of nitrogens with zero attached hydrogens (tertiary/aromatic N) is 4. The van der Waals surface area contributed by atoms with Gasteiger partial charge in [0.1, 0.15) is 5.52 Å². The number of hydrogen-bond acceptors (Lipinski definition) is 7. The van der Waals surface area contributed by atoms with E-state index in [1.165, 1.54) is 0 Å². The summed E-state index contributed by atoms with van der Waals surface area (Å²) in [5.41, 5.74) is 7.42. The van der Waals surface area contributed by atoms with Crippen LogP contribution in [0.5, 0.6) is 0 Å². The lowest BCUT2D eigenvalue weighted by atomic mass is 9.85. The zero-order valence-electron chi connectivity index (χ0n) is 17.8. The molecule has 0 saturated heterocycles. The summed E-state index contributed by atoms with van der Waals surface area (Å²) in [6.07, 6.45) is 5.73. The Labute approximate surface area is 200 Å². The number of imidazole rings is 1. The van der Waals surface area contributed by atoms with Crippen molar-refractivity contribution in [2.75, 3.05) is 10.6 Å². The Kier molecular flexibility index (Phi) is 6.03. The summed E-state index contributed by atoms with van der Waals surface area (Å²) in [5.74, 6) is 0.700. The highest BCUT2D eigenvalue weighted by Crippen LogP contribution is 2.39. The third-order valence-corrected chi connectivity index (χ3v) is 7.17. The van der Waals surface area contributed by atoms with E-state index >= 15 is 0 Å². The van der Waals surface area contributed by atoms with Crippen molar-refractivity contribution >= 4 is 57.9 Å². The third-order valence-electron chi connectivity index (χ3n) is 6.54. The van der Waals surface area contributed by atoms with Crippen LogP contribution in [-0.4, -0.2) is 42.7 Å². The summed E-state index contributed by atoms with van der Waals surface area (Å²) in [6, 6.07) is 5.53. The molecule has 0 spiro atoms. The van der Waals surface area contributed by atoms with Crippen LogP contribution in [0.2, 0.25) is 10.0 Å². The Bertz CT molecular complexity index is 1170. The van der Waals surface area contributed by atoms with E-state index in [0.29, 0.717) is 64.5 Å². The third kappa shape index (κ3) is 4.45. The monoisotopic (exact) mass is 489 g/mol. The molecule has 0 unspecified atom stereocenters. The molecule has 0 aliphatic heterocycles. The van der Waals surface area contributed by atoms with Gasteiger partial charge in [-0.3, -0.25) is 9.36 Å². The molecule has 11 heteroatoms. The molecule has 5 rings (SSSR count). The standard InChI is InChI=1S/C22H25Cl2N7O2/c23-15-2-1-3-16(24)18(15)29-22-28-17-10-26-21(27-12-8-14(32)9-12)30-20(17)31(22)13-6-4-11(5-7-13)19(25)33/h1-3,10-14,32H,4-9H2,(H2,25,33)(H,28,29)(H,26,27,30)/t11-,12-,13+,14-. The molecule has 2 aliphatic carbocycles. The van der Waals surface area contributed by atoms with Gasteiger partial charge in [0.15, 0.2) is 5.65 Å². The highest BCUT2D eigenvalue weighted by atomic mass is 35.5. The first-order chi connectivity index (χ1) is 15.9. The molecule has 2 aliphatic rings. The lowest BCUT2D eigenvalue weighted by Gasteiger charge is -2.32. The summed E-state index contributed by atoms with van der Waals surface area (Å²) in [5, 5.41) is 17.1. The number of amides is 1. The molecule has 3 aromatic rings. The topological polar surface area (TPSA) is 131 Å². The van der Waals surface area contributed by atoms with E-state index in [-0.39, 0.29) is 30.0 Å². The van der Waals surface area contributed by atoms with Gasteiger partial charge >= 0.3 is 0 Å². The molecule has 5 N–H and O–H groups in total. The van der Waals surface area contributed by atoms with E-state index in [0.717, 1.165) is 12.8 Å². The number of aliphatic hydroxyl groups excluding tert-OH is 1. The van der Waals surface area contributed by atoms with Gasteiger partial charge in [-0.2, -0.15) is 4.98 Å². The number of nitrogens with two attached hydrogens (primary N) is 1. The summed E-state index contributed by atoms with van der Waals surface area (Å²) >= 11 is 12.8. The number of primary amides is 1. The summed E-state index contributed by atoms with van der Waals surface area (Å²) in [6.45, 7) is 0. The molecule has 1 amide bonds. The molecule has 2 saturated carbocycles. The molecule has 1 aromatic carbocycles. The number of halogens is 2. The fraction of sp³-hybridized carbons (Fsp3) is 0.455. The molecule has 9 nitrogen and oxygen atoms in total. The van der Waals surface area contributed by atoms with E-state index < -0.39 is 0 Å². The molecule has 33 heavy (non-hydrogen) atoms. The minimum absolute atomic E-state index is 0.0719. The summed E-state index contributed by atoms with van der Waals surface area (Å²) in [4.78, 5) is 25.6. The van der Waals surface area contributed by atoms with Crippen molar-refractivity contribution in [3.63, 3.8) is 0 Å². The molecule has 2 heterocycles. The van der Waals surface area contributed by atoms with Crippen molar-refractivity contribution in [3.05, 3.63) is 34.4 Å². The van der Waals surface area contributed by atoms with Gasteiger partial charge in [0.2, 0.25) is 17.8 Å². The van der Waals surface area contributed by atoms with Gasteiger partial charge in [0.05, 0.1) is 28.0 Å². The SMILES string of the molecule is NC(=O)[C@H]1CC[C@@H](n2c(Nc3c(Cl)cccc3Cl)nc3cnc(N[C@H]4C[C@H](O)C4)nc32)CC1.